The number of hydrogen-bond acceptors (Lipinski definition) is 4. The smallest absolute Gasteiger partial charge is 0.135 e. The van der Waals surface area contributed by atoms with Gasteiger partial charge in [0.25, 0.3) is 0 Å². The van der Waals surface area contributed by atoms with Crippen molar-refractivity contribution in [3.05, 3.63) is 59.7 Å². The molecule has 0 saturated heterocycles. The number of nitrogen functional groups attached to an aromatic ring is 1. The standard InChI is InChI=1S/C16H16N4/c1-11-6-7-12(10-18-11)8-9-15-19-14-5-3-2-4-13(14)16(17)20-15/h2-7,10H,8-9H2,1H3,(H2,17,19,20). The Morgan fingerprint density at radius 1 is 1.00 bits per heavy atom. The van der Waals surface area contributed by atoms with E-state index in [4.69, 9.17) is 5.73 Å². The maximum Gasteiger partial charge on any atom is 0.135 e. The lowest BCUT2D eigenvalue weighted by molar-refractivity contribution is 0.866. The molecule has 4 nitrogen and oxygen atoms in total. The van der Waals surface area contributed by atoms with Crippen molar-refractivity contribution in [2.24, 2.45) is 0 Å². The van der Waals surface area contributed by atoms with Gasteiger partial charge in [-0.05, 0) is 37.1 Å². The molecule has 1 aromatic carbocycles. The van der Waals surface area contributed by atoms with Crippen LogP contribution in [0.5, 0.6) is 0 Å². The first kappa shape index (κ1) is 12.5. The van der Waals surface area contributed by atoms with Crippen LogP contribution in [0.2, 0.25) is 0 Å². The molecule has 0 spiro atoms. The van der Waals surface area contributed by atoms with Gasteiger partial charge >= 0.3 is 0 Å². The first-order valence-electron chi connectivity index (χ1n) is 6.65. The largest absolute Gasteiger partial charge is 0.383 e. The van der Waals surface area contributed by atoms with Crippen LogP contribution < -0.4 is 5.73 Å². The van der Waals surface area contributed by atoms with Gasteiger partial charge in [-0.25, -0.2) is 9.97 Å². The van der Waals surface area contributed by atoms with E-state index in [1.807, 2.05) is 43.5 Å². The summed E-state index contributed by atoms with van der Waals surface area (Å²) in [5.74, 6) is 1.33. The molecule has 2 aromatic heterocycles. The van der Waals surface area contributed by atoms with E-state index in [-0.39, 0.29) is 0 Å². The van der Waals surface area contributed by atoms with Gasteiger partial charge in [0, 0.05) is 23.7 Å². The van der Waals surface area contributed by atoms with Crippen molar-refractivity contribution in [2.45, 2.75) is 19.8 Å². The molecule has 100 valence electrons. The molecule has 0 aliphatic heterocycles. The van der Waals surface area contributed by atoms with E-state index in [2.05, 4.69) is 21.0 Å². The number of aryl methyl sites for hydroxylation is 3. The Hall–Kier alpha value is -2.49. The van der Waals surface area contributed by atoms with Crippen molar-refractivity contribution >= 4 is 16.7 Å². The molecule has 0 fully saturated rings. The second-order valence-electron chi connectivity index (χ2n) is 4.85. The Balaban J connectivity index is 1.82. The normalized spacial score (nSPS) is 10.8. The Labute approximate surface area is 117 Å². The Kier molecular flexibility index (Phi) is 3.29. The third kappa shape index (κ3) is 2.59. The molecular weight excluding hydrogens is 248 g/mol. The molecule has 0 aliphatic rings. The highest BCUT2D eigenvalue weighted by molar-refractivity contribution is 5.87. The fourth-order valence-electron chi connectivity index (χ4n) is 2.17. The van der Waals surface area contributed by atoms with Crippen molar-refractivity contribution in [1.29, 1.82) is 0 Å². The molecule has 0 bridgehead atoms. The van der Waals surface area contributed by atoms with Gasteiger partial charge in [0.05, 0.1) is 5.52 Å². The van der Waals surface area contributed by atoms with Crippen LogP contribution in [-0.2, 0) is 12.8 Å². The van der Waals surface area contributed by atoms with E-state index in [1.54, 1.807) is 0 Å². The van der Waals surface area contributed by atoms with E-state index in [1.165, 1.54) is 5.56 Å². The van der Waals surface area contributed by atoms with E-state index >= 15 is 0 Å². The summed E-state index contributed by atoms with van der Waals surface area (Å²) in [6.45, 7) is 1.98. The number of hydrogen-bond donors (Lipinski definition) is 1. The zero-order chi connectivity index (χ0) is 13.9. The molecule has 0 saturated carbocycles. The summed E-state index contributed by atoms with van der Waals surface area (Å²) < 4.78 is 0. The van der Waals surface area contributed by atoms with Gasteiger partial charge in [0.1, 0.15) is 11.6 Å². The Morgan fingerprint density at radius 3 is 2.65 bits per heavy atom. The predicted octanol–water partition coefficient (Wildman–Crippen LogP) is 2.70. The van der Waals surface area contributed by atoms with Gasteiger partial charge in [-0.2, -0.15) is 0 Å². The number of aromatic nitrogens is 3. The molecule has 0 amide bonds. The molecule has 3 aromatic rings. The number of para-hydroxylation sites is 1. The molecule has 0 unspecified atom stereocenters. The number of anilines is 1. The number of rotatable bonds is 3. The number of nitrogens with two attached hydrogens (primary N) is 1. The van der Waals surface area contributed by atoms with E-state index in [9.17, 15) is 0 Å². The van der Waals surface area contributed by atoms with Crippen molar-refractivity contribution in [3.63, 3.8) is 0 Å². The summed E-state index contributed by atoms with van der Waals surface area (Å²) >= 11 is 0. The summed E-state index contributed by atoms with van der Waals surface area (Å²) in [5, 5.41) is 0.910. The van der Waals surface area contributed by atoms with Gasteiger partial charge in [0.15, 0.2) is 0 Å². The molecule has 4 heteroatoms. The molecule has 0 atom stereocenters. The SMILES string of the molecule is Cc1ccc(CCc2nc(N)c3ccccc3n2)cn1. The highest BCUT2D eigenvalue weighted by Gasteiger charge is 2.05. The van der Waals surface area contributed by atoms with Crippen LogP contribution >= 0.6 is 0 Å². The van der Waals surface area contributed by atoms with Gasteiger partial charge in [-0.3, -0.25) is 4.98 Å². The van der Waals surface area contributed by atoms with Gasteiger partial charge in [-0.15, -0.1) is 0 Å². The summed E-state index contributed by atoms with van der Waals surface area (Å²) in [6, 6.07) is 11.9. The van der Waals surface area contributed by atoms with Crippen molar-refractivity contribution in [2.75, 3.05) is 5.73 Å². The van der Waals surface area contributed by atoms with Crippen molar-refractivity contribution < 1.29 is 0 Å². The fourth-order valence-corrected chi connectivity index (χ4v) is 2.17. The number of benzene rings is 1. The van der Waals surface area contributed by atoms with E-state index in [0.717, 1.165) is 35.3 Å². The van der Waals surface area contributed by atoms with Crippen LogP contribution in [-0.4, -0.2) is 15.0 Å². The summed E-state index contributed by atoms with van der Waals surface area (Å²) in [6.07, 6.45) is 3.53. The third-order valence-corrected chi connectivity index (χ3v) is 3.29. The zero-order valence-corrected chi connectivity index (χ0v) is 11.4. The van der Waals surface area contributed by atoms with E-state index < -0.39 is 0 Å². The van der Waals surface area contributed by atoms with Gasteiger partial charge < -0.3 is 5.73 Å². The second kappa shape index (κ2) is 5.25. The second-order valence-corrected chi connectivity index (χ2v) is 4.85. The average Bonchev–Trinajstić information content (AvgIpc) is 2.47. The van der Waals surface area contributed by atoms with Crippen LogP contribution in [0.15, 0.2) is 42.6 Å². The van der Waals surface area contributed by atoms with Crippen LogP contribution in [0.4, 0.5) is 5.82 Å². The molecule has 2 heterocycles. The van der Waals surface area contributed by atoms with Gasteiger partial charge in [0.2, 0.25) is 0 Å². The number of pyridine rings is 1. The topological polar surface area (TPSA) is 64.7 Å². The van der Waals surface area contributed by atoms with Crippen LogP contribution in [0.1, 0.15) is 17.1 Å². The number of nitrogens with zero attached hydrogens (tertiary/aromatic N) is 3. The Morgan fingerprint density at radius 2 is 1.85 bits per heavy atom. The summed E-state index contributed by atoms with van der Waals surface area (Å²) in [7, 11) is 0. The van der Waals surface area contributed by atoms with Gasteiger partial charge in [-0.1, -0.05) is 18.2 Å². The highest BCUT2D eigenvalue weighted by atomic mass is 14.9. The lowest BCUT2D eigenvalue weighted by Gasteiger charge is -2.05. The molecule has 3 rings (SSSR count). The minimum atomic E-state index is 0.549. The number of fused-ring (bicyclic) bond motifs is 1. The molecular formula is C16H16N4. The first-order chi connectivity index (χ1) is 9.72. The zero-order valence-electron chi connectivity index (χ0n) is 11.4. The minimum absolute atomic E-state index is 0.549. The predicted molar refractivity (Wildman–Crippen MR) is 80.3 cm³/mol. The van der Waals surface area contributed by atoms with Crippen molar-refractivity contribution in [3.8, 4) is 0 Å². The van der Waals surface area contributed by atoms with Crippen LogP contribution in [0.25, 0.3) is 10.9 Å². The Bertz CT molecular complexity index is 735. The monoisotopic (exact) mass is 264 g/mol. The molecule has 20 heavy (non-hydrogen) atoms. The quantitative estimate of drug-likeness (QED) is 0.790. The minimum Gasteiger partial charge on any atom is -0.383 e. The molecule has 0 aliphatic carbocycles. The first-order valence-corrected chi connectivity index (χ1v) is 6.65. The van der Waals surface area contributed by atoms with Crippen LogP contribution in [0.3, 0.4) is 0 Å². The molecule has 0 radical (unpaired) electrons. The van der Waals surface area contributed by atoms with Crippen LogP contribution in [0, 0.1) is 6.92 Å². The fraction of sp³-hybridized carbons (Fsp3) is 0.188. The maximum absolute atomic E-state index is 5.98. The lowest BCUT2D eigenvalue weighted by atomic mass is 10.1. The highest BCUT2D eigenvalue weighted by Crippen LogP contribution is 2.17. The lowest BCUT2D eigenvalue weighted by Crippen LogP contribution is -2.03. The van der Waals surface area contributed by atoms with E-state index in [0.29, 0.717) is 5.82 Å². The molecule has 2 N–H and O–H groups in total. The summed E-state index contributed by atoms with van der Waals surface area (Å²) in [5.41, 5.74) is 9.10. The van der Waals surface area contributed by atoms with Crippen molar-refractivity contribution in [1.82, 2.24) is 15.0 Å². The average molecular weight is 264 g/mol. The summed E-state index contributed by atoms with van der Waals surface area (Å²) in [4.78, 5) is 13.2. The third-order valence-electron chi connectivity index (χ3n) is 3.29. The maximum atomic E-state index is 5.98.